The Bertz CT molecular complexity index is 1370. The lowest BCUT2D eigenvalue weighted by Gasteiger charge is -2.15. The first-order valence-corrected chi connectivity index (χ1v) is 11.6. The summed E-state index contributed by atoms with van der Waals surface area (Å²) in [7, 11) is 1.52. The van der Waals surface area contributed by atoms with Crippen LogP contribution in [0.15, 0.2) is 66.7 Å². The van der Waals surface area contributed by atoms with Gasteiger partial charge in [-0.1, -0.05) is 59.6 Å². The highest BCUT2D eigenvalue weighted by Gasteiger charge is 2.15. The van der Waals surface area contributed by atoms with Gasteiger partial charge in [-0.2, -0.15) is 5.10 Å². The molecule has 0 saturated carbocycles. The summed E-state index contributed by atoms with van der Waals surface area (Å²) in [5.41, 5.74) is 6.79. The minimum absolute atomic E-state index is 0.216. The summed E-state index contributed by atoms with van der Waals surface area (Å²) in [4.78, 5) is 12.3. The second-order valence-corrected chi connectivity index (χ2v) is 8.49. The fraction of sp³-hybridized carbons (Fsp3) is 0.160. The van der Waals surface area contributed by atoms with Crippen molar-refractivity contribution < 1.29 is 14.3 Å². The van der Waals surface area contributed by atoms with Crippen LogP contribution in [-0.2, 0) is 11.3 Å². The molecule has 8 nitrogen and oxygen atoms in total. The molecule has 0 bridgehead atoms. The van der Waals surface area contributed by atoms with E-state index in [9.17, 15) is 4.79 Å². The Hall–Kier alpha value is -3.82. The molecule has 4 rings (SSSR count). The number of halogens is 1. The second kappa shape index (κ2) is 11.1. The average Bonchev–Trinajstić information content (AvgIpc) is 3.23. The van der Waals surface area contributed by atoms with Crippen LogP contribution < -0.4 is 20.2 Å². The largest absolute Gasteiger partial charge is 0.493 e. The third-order valence-electron chi connectivity index (χ3n) is 5.12. The number of ether oxygens (including phenoxy) is 2. The number of carbonyl (C=O) groups is 1. The molecule has 3 aromatic carbocycles. The predicted molar refractivity (Wildman–Crippen MR) is 139 cm³/mol. The molecule has 0 aliphatic carbocycles. The van der Waals surface area contributed by atoms with Gasteiger partial charge in [0.25, 0.3) is 5.91 Å². The van der Waals surface area contributed by atoms with Crippen molar-refractivity contribution in [3.05, 3.63) is 87.7 Å². The molecule has 0 fully saturated rings. The van der Waals surface area contributed by atoms with E-state index in [0.29, 0.717) is 39.3 Å². The molecule has 1 aromatic heterocycles. The van der Waals surface area contributed by atoms with E-state index < -0.39 is 0 Å². The van der Waals surface area contributed by atoms with Crippen molar-refractivity contribution in [2.45, 2.75) is 13.5 Å². The minimum Gasteiger partial charge on any atom is -0.493 e. The molecular weight excluding hydrogens is 486 g/mol. The summed E-state index contributed by atoms with van der Waals surface area (Å²) in [6.07, 6.45) is 0. The zero-order valence-electron chi connectivity index (χ0n) is 19.2. The normalized spacial score (nSPS) is 10.6. The van der Waals surface area contributed by atoms with E-state index in [4.69, 9.17) is 33.3 Å². The summed E-state index contributed by atoms with van der Waals surface area (Å²) >= 11 is 11.9. The van der Waals surface area contributed by atoms with Crippen LogP contribution in [0.4, 0.5) is 5.69 Å². The number of rotatable bonds is 9. The highest BCUT2D eigenvalue weighted by atomic mass is 35.5. The Kier molecular flexibility index (Phi) is 7.69. The van der Waals surface area contributed by atoms with Gasteiger partial charge in [0.1, 0.15) is 0 Å². The lowest BCUT2D eigenvalue weighted by molar-refractivity contribution is -0.118. The average molecular weight is 510 g/mol. The predicted octanol–water partition coefficient (Wildman–Crippen LogP) is 5.34. The molecule has 1 amide bonds. The number of nitrogens with zero attached hydrogens (tertiary/aromatic N) is 2. The number of aromatic nitrogens is 3. The first-order chi connectivity index (χ1) is 16.9. The molecule has 10 heteroatoms. The number of benzene rings is 3. The smallest absolute Gasteiger partial charge is 0.262 e. The molecule has 35 heavy (non-hydrogen) atoms. The van der Waals surface area contributed by atoms with E-state index >= 15 is 0 Å². The lowest BCUT2D eigenvalue weighted by Crippen LogP contribution is -2.20. The number of hydrogen-bond acceptors (Lipinski definition) is 6. The number of amides is 1. The van der Waals surface area contributed by atoms with Crippen molar-refractivity contribution in [1.82, 2.24) is 14.9 Å². The van der Waals surface area contributed by atoms with E-state index in [0.717, 1.165) is 16.7 Å². The molecule has 0 saturated heterocycles. The second-order valence-electron chi connectivity index (χ2n) is 7.70. The number of aromatic amines is 1. The van der Waals surface area contributed by atoms with Gasteiger partial charge >= 0.3 is 0 Å². The number of hydrogen-bond donors (Lipinski definition) is 3. The number of methoxy groups -OCH3 is 1. The number of aryl methyl sites for hydroxylation is 1. The Morgan fingerprint density at radius 3 is 2.60 bits per heavy atom. The molecule has 0 aliphatic rings. The minimum atomic E-state index is -0.305. The molecule has 0 atom stereocenters. The molecular formula is C25H24ClN5O3S. The van der Waals surface area contributed by atoms with Gasteiger partial charge in [0, 0.05) is 11.3 Å². The summed E-state index contributed by atoms with van der Waals surface area (Å²) in [6.45, 7) is 2.15. The van der Waals surface area contributed by atoms with Gasteiger partial charge in [-0.15, -0.1) is 0 Å². The molecule has 0 radical (unpaired) electrons. The van der Waals surface area contributed by atoms with Crippen LogP contribution in [0.3, 0.4) is 0 Å². The maximum atomic E-state index is 12.3. The van der Waals surface area contributed by atoms with Gasteiger partial charge in [0.05, 0.1) is 18.7 Å². The summed E-state index contributed by atoms with van der Waals surface area (Å²) < 4.78 is 13.3. The fourth-order valence-corrected chi connectivity index (χ4v) is 3.87. The highest BCUT2D eigenvalue weighted by molar-refractivity contribution is 7.71. The number of H-pyrrole nitrogens is 1. The van der Waals surface area contributed by atoms with E-state index in [1.165, 1.54) is 7.11 Å². The number of carbonyl (C=O) groups excluding carboxylic acids is 1. The zero-order chi connectivity index (χ0) is 24.8. The van der Waals surface area contributed by atoms with Gasteiger partial charge in [-0.05, 0) is 49.0 Å². The van der Waals surface area contributed by atoms with Gasteiger partial charge in [0.2, 0.25) is 4.77 Å². The van der Waals surface area contributed by atoms with E-state index in [2.05, 4.69) is 20.9 Å². The van der Waals surface area contributed by atoms with Crippen molar-refractivity contribution in [3.63, 3.8) is 0 Å². The molecule has 1 heterocycles. The summed E-state index contributed by atoms with van der Waals surface area (Å²) in [5.74, 6) is 1.06. The van der Waals surface area contributed by atoms with Crippen molar-refractivity contribution in [2.24, 2.45) is 0 Å². The third kappa shape index (κ3) is 6.00. The summed E-state index contributed by atoms with van der Waals surface area (Å²) in [5, 5.41) is 10.2. The van der Waals surface area contributed by atoms with Crippen LogP contribution in [0.5, 0.6) is 11.5 Å². The maximum absolute atomic E-state index is 12.3. The maximum Gasteiger partial charge on any atom is 0.262 e. The quantitative estimate of drug-likeness (QED) is 0.264. The molecule has 0 aliphatic heterocycles. The monoisotopic (exact) mass is 509 g/mol. The molecule has 0 unspecified atom stereocenters. The van der Waals surface area contributed by atoms with Crippen molar-refractivity contribution in [3.8, 4) is 22.9 Å². The van der Waals surface area contributed by atoms with Crippen molar-refractivity contribution in [2.75, 3.05) is 24.5 Å². The number of anilines is 1. The molecule has 4 aromatic rings. The number of nitrogens with one attached hydrogen (secondary N) is 3. The van der Waals surface area contributed by atoms with Gasteiger partial charge in [-0.3, -0.25) is 4.79 Å². The fourth-order valence-electron chi connectivity index (χ4n) is 3.38. The standard InChI is InChI=1S/C25H24ClN5O3S/c1-16-8-10-19(11-9-16)28-22(32)15-34-23-20(26)12-17(13-21(23)33-2)14-27-31-24(29-30-25(31)35)18-6-4-3-5-7-18/h3-13,27H,14-15H2,1-2H3,(H,28,32)(H,30,35). The van der Waals surface area contributed by atoms with Crippen LogP contribution >= 0.6 is 23.8 Å². The van der Waals surface area contributed by atoms with E-state index in [1.54, 1.807) is 16.8 Å². The lowest BCUT2D eigenvalue weighted by atomic mass is 10.2. The topological polar surface area (TPSA) is 93.2 Å². The van der Waals surface area contributed by atoms with Gasteiger partial charge in [0.15, 0.2) is 23.9 Å². The van der Waals surface area contributed by atoms with Gasteiger partial charge in [-0.25, -0.2) is 9.77 Å². The van der Waals surface area contributed by atoms with Crippen LogP contribution in [0, 0.1) is 11.7 Å². The first kappa shape index (κ1) is 24.3. The molecule has 180 valence electrons. The summed E-state index contributed by atoms with van der Waals surface area (Å²) in [6, 6.07) is 20.7. The van der Waals surface area contributed by atoms with Crippen LogP contribution in [0.25, 0.3) is 11.4 Å². The van der Waals surface area contributed by atoms with Gasteiger partial charge < -0.3 is 20.2 Å². The first-order valence-electron chi connectivity index (χ1n) is 10.8. The molecule has 0 spiro atoms. The van der Waals surface area contributed by atoms with Crippen LogP contribution in [0.1, 0.15) is 11.1 Å². The third-order valence-corrected chi connectivity index (χ3v) is 5.67. The zero-order valence-corrected chi connectivity index (χ0v) is 20.7. The van der Waals surface area contributed by atoms with E-state index in [-0.39, 0.29) is 12.5 Å². The Balaban J connectivity index is 1.44. The Labute approximate surface area is 212 Å². The SMILES string of the molecule is COc1cc(CNn2c(-c3ccccc3)n[nH]c2=S)cc(Cl)c1OCC(=O)Nc1ccc(C)cc1. The Morgan fingerprint density at radius 1 is 1.14 bits per heavy atom. The Morgan fingerprint density at radius 2 is 1.89 bits per heavy atom. The van der Waals surface area contributed by atoms with Crippen LogP contribution in [0.2, 0.25) is 5.02 Å². The van der Waals surface area contributed by atoms with Crippen molar-refractivity contribution >= 4 is 35.4 Å². The molecule has 3 N–H and O–H groups in total. The highest BCUT2D eigenvalue weighted by Crippen LogP contribution is 2.36. The van der Waals surface area contributed by atoms with Crippen LogP contribution in [-0.4, -0.2) is 34.5 Å². The van der Waals surface area contributed by atoms with E-state index in [1.807, 2.05) is 61.5 Å². The van der Waals surface area contributed by atoms with Crippen molar-refractivity contribution in [1.29, 1.82) is 0 Å².